The number of benzene rings is 2. The van der Waals surface area contributed by atoms with Gasteiger partial charge in [-0.15, -0.1) is 0 Å². The maximum Gasteiger partial charge on any atom is 0.0208 e. The molecule has 0 heterocycles. The first-order chi connectivity index (χ1) is 10.7. The van der Waals surface area contributed by atoms with Crippen molar-refractivity contribution in [2.24, 2.45) is 0 Å². The van der Waals surface area contributed by atoms with Crippen LogP contribution < -0.4 is 5.32 Å². The first kappa shape index (κ1) is 17.7. The van der Waals surface area contributed by atoms with Gasteiger partial charge in [-0.2, -0.15) is 0 Å². The highest BCUT2D eigenvalue weighted by Crippen LogP contribution is 2.30. The molecule has 0 saturated carbocycles. The number of hydrogen-bond acceptors (Lipinski definition) is 1. The van der Waals surface area contributed by atoms with Crippen LogP contribution in [0.5, 0.6) is 0 Å². The Morgan fingerprint density at radius 3 is 1.61 bits per heavy atom. The van der Waals surface area contributed by atoms with Crippen molar-refractivity contribution in [3.05, 3.63) is 70.8 Å². The third-order valence-corrected chi connectivity index (χ3v) is 4.23. The van der Waals surface area contributed by atoms with Crippen molar-refractivity contribution in [1.82, 2.24) is 5.32 Å². The van der Waals surface area contributed by atoms with Crippen LogP contribution in [0.2, 0.25) is 0 Å². The van der Waals surface area contributed by atoms with E-state index in [4.69, 9.17) is 0 Å². The third-order valence-electron chi connectivity index (χ3n) is 4.23. The fraction of sp³-hybridized carbons (Fsp3) is 0.455. The standard InChI is InChI=1S/C22H31N/c1-21(2,3)19-12-18(13-20(14-19)22(4,5)6)16-23-15-17-10-8-7-9-11-17/h7-14,23H,15-16H2,1-6H3. The molecule has 1 N–H and O–H groups in total. The zero-order valence-corrected chi connectivity index (χ0v) is 15.5. The Kier molecular flexibility index (Phi) is 5.31. The quantitative estimate of drug-likeness (QED) is 0.778. The normalized spacial score (nSPS) is 12.4. The second kappa shape index (κ2) is 6.88. The van der Waals surface area contributed by atoms with Crippen LogP contribution in [-0.4, -0.2) is 0 Å². The van der Waals surface area contributed by atoms with E-state index < -0.39 is 0 Å². The van der Waals surface area contributed by atoms with E-state index in [1.807, 2.05) is 0 Å². The first-order valence-corrected chi connectivity index (χ1v) is 8.56. The summed E-state index contributed by atoms with van der Waals surface area (Å²) >= 11 is 0. The molecule has 2 rings (SSSR count). The van der Waals surface area contributed by atoms with Crippen molar-refractivity contribution >= 4 is 0 Å². The molecule has 0 radical (unpaired) electrons. The molecule has 124 valence electrons. The molecule has 0 unspecified atom stereocenters. The van der Waals surface area contributed by atoms with Crippen molar-refractivity contribution in [2.45, 2.75) is 65.5 Å². The summed E-state index contributed by atoms with van der Waals surface area (Å²) in [4.78, 5) is 0. The van der Waals surface area contributed by atoms with Crippen LogP contribution in [-0.2, 0) is 23.9 Å². The van der Waals surface area contributed by atoms with Crippen molar-refractivity contribution in [1.29, 1.82) is 0 Å². The molecule has 0 aliphatic rings. The van der Waals surface area contributed by atoms with Gasteiger partial charge in [0.05, 0.1) is 0 Å². The van der Waals surface area contributed by atoms with E-state index in [1.165, 1.54) is 22.3 Å². The monoisotopic (exact) mass is 309 g/mol. The van der Waals surface area contributed by atoms with Gasteiger partial charge < -0.3 is 5.32 Å². The highest BCUT2D eigenvalue weighted by molar-refractivity contribution is 5.37. The number of nitrogens with one attached hydrogen (secondary N) is 1. The molecule has 0 spiro atoms. The molecule has 2 aromatic rings. The van der Waals surface area contributed by atoms with E-state index in [1.54, 1.807) is 0 Å². The molecular formula is C22H31N. The first-order valence-electron chi connectivity index (χ1n) is 8.56. The third kappa shape index (κ3) is 5.21. The lowest BCUT2D eigenvalue weighted by molar-refractivity contribution is 0.564. The van der Waals surface area contributed by atoms with E-state index in [0.29, 0.717) is 0 Å². The molecule has 0 aromatic heterocycles. The topological polar surface area (TPSA) is 12.0 Å². The Bertz CT molecular complexity index is 595. The summed E-state index contributed by atoms with van der Waals surface area (Å²) in [7, 11) is 0. The smallest absolute Gasteiger partial charge is 0.0208 e. The molecule has 0 aliphatic carbocycles. The van der Waals surface area contributed by atoms with Crippen LogP contribution >= 0.6 is 0 Å². The molecule has 0 aliphatic heterocycles. The van der Waals surface area contributed by atoms with E-state index in [-0.39, 0.29) is 10.8 Å². The summed E-state index contributed by atoms with van der Waals surface area (Å²) < 4.78 is 0. The van der Waals surface area contributed by atoms with Gasteiger partial charge in [0.25, 0.3) is 0 Å². The summed E-state index contributed by atoms with van der Waals surface area (Å²) in [5.74, 6) is 0. The molecule has 0 bridgehead atoms. The summed E-state index contributed by atoms with van der Waals surface area (Å²) in [5, 5.41) is 3.58. The highest BCUT2D eigenvalue weighted by Gasteiger charge is 2.20. The van der Waals surface area contributed by atoms with E-state index >= 15 is 0 Å². The lowest BCUT2D eigenvalue weighted by Gasteiger charge is -2.26. The van der Waals surface area contributed by atoms with Gasteiger partial charge >= 0.3 is 0 Å². The predicted molar refractivity (Wildman–Crippen MR) is 101 cm³/mol. The van der Waals surface area contributed by atoms with Gasteiger partial charge in [-0.25, -0.2) is 0 Å². The Balaban J connectivity index is 2.17. The summed E-state index contributed by atoms with van der Waals surface area (Å²) in [6.07, 6.45) is 0. The van der Waals surface area contributed by atoms with E-state index in [0.717, 1.165) is 13.1 Å². The van der Waals surface area contributed by atoms with Crippen molar-refractivity contribution in [3.8, 4) is 0 Å². The van der Waals surface area contributed by atoms with Crippen LogP contribution in [0, 0.1) is 0 Å². The molecule has 0 amide bonds. The number of hydrogen-bond donors (Lipinski definition) is 1. The molecule has 1 heteroatoms. The maximum absolute atomic E-state index is 3.58. The molecule has 0 fully saturated rings. The molecule has 23 heavy (non-hydrogen) atoms. The van der Waals surface area contributed by atoms with Gasteiger partial charge in [-0.05, 0) is 33.1 Å². The maximum atomic E-state index is 3.58. The van der Waals surface area contributed by atoms with Crippen LogP contribution in [0.15, 0.2) is 48.5 Å². The lowest BCUT2D eigenvalue weighted by atomic mass is 9.79. The summed E-state index contributed by atoms with van der Waals surface area (Å²) in [6, 6.07) is 17.7. The lowest BCUT2D eigenvalue weighted by Crippen LogP contribution is -2.19. The van der Waals surface area contributed by atoms with Gasteiger partial charge in [0.15, 0.2) is 0 Å². The number of rotatable bonds is 4. The summed E-state index contributed by atoms with van der Waals surface area (Å²) in [6.45, 7) is 15.5. The van der Waals surface area contributed by atoms with Gasteiger partial charge in [0.1, 0.15) is 0 Å². The van der Waals surface area contributed by atoms with Crippen LogP contribution in [0.3, 0.4) is 0 Å². The van der Waals surface area contributed by atoms with Gasteiger partial charge in [-0.1, -0.05) is 90.1 Å². The molecule has 2 aromatic carbocycles. The molecular weight excluding hydrogens is 278 g/mol. The zero-order valence-electron chi connectivity index (χ0n) is 15.5. The van der Waals surface area contributed by atoms with Crippen molar-refractivity contribution in [3.63, 3.8) is 0 Å². The highest BCUT2D eigenvalue weighted by atomic mass is 14.8. The van der Waals surface area contributed by atoms with Gasteiger partial charge in [-0.3, -0.25) is 0 Å². The predicted octanol–water partition coefficient (Wildman–Crippen LogP) is 5.57. The molecule has 1 nitrogen and oxygen atoms in total. The minimum Gasteiger partial charge on any atom is -0.309 e. The van der Waals surface area contributed by atoms with Crippen LogP contribution in [0.1, 0.15) is 63.8 Å². The Morgan fingerprint density at radius 1 is 0.652 bits per heavy atom. The largest absolute Gasteiger partial charge is 0.309 e. The summed E-state index contributed by atoms with van der Waals surface area (Å²) in [5.41, 5.74) is 5.89. The van der Waals surface area contributed by atoms with E-state index in [2.05, 4.69) is 95.4 Å². The van der Waals surface area contributed by atoms with Gasteiger partial charge in [0, 0.05) is 13.1 Å². The second-order valence-corrected chi connectivity index (χ2v) is 8.51. The molecule has 0 atom stereocenters. The van der Waals surface area contributed by atoms with Crippen molar-refractivity contribution in [2.75, 3.05) is 0 Å². The average molecular weight is 309 g/mol. The fourth-order valence-electron chi connectivity index (χ4n) is 2.61. The Labute approximate surface area is 142 Å². The van der Waals surface area contributed by atoms with Crippen LogP contribution in [0.4, 0.5) is 0 Å². The van der Waals surface area contributed by atoms with Crippen molar-refractivity contribution < 1.29 is 0 Å². The minimum atomic E-state index is 0.176. The minimum absolute atomic E-state index is 0.176. The molecule has 0 saturated heterocycles. The average Bonchev–Trinajstić information content (AvgIpc) is 2.46. The van der Waals surface area contributed by atoms with E-state index in [9.17, 15) is 0 Å². The van der Waals surface area contributed by atoms with Crippen LogP contribution in [0.25, 0.3) is 0 Å². The SMILES string of the molecule is CC(C)(C)c1cc(CNCc2ccccc2)cc(C(C)(C)C)c1. The zero-order chi connectivity index (χ0) is 17.1. The van der Waals surface area contributed by atoms with Gasteiger partial charge in [0.2, 0.25) is 0 Å². The Morgan fingerprint density at radius 2 is 1.13 bits per heavy atom. The fourth-order valence-corrected chi connectivity index (χ4v) is 2.61. The Hall–Kier alpha value is -1.60. The second-order valence-electron chi connectivity index (χ2n) is 8.51.